The Balaban J connectivity index is 2.06. The molecule has 0 radical (unpaired) electrons. The Morgan fingerprint density at radius 1 is 0.625 bits per heavy atom. The van der Waals surface area contributed by atoms with Crippen LogP contribution in [-0.4, -0.2) is 7.85 Å². The number of halogens is 1. The first kappa shape index (κ1) is 12.9. The summed E-state index contributed by atoms with van der Waals surface area (Å²) in [6, 6.07) is 16.6. The fraction of sp³-hybridized carbons (Fsp3) is 0. The summed E-state index contributed by atoms with van der Waals surface area (Å²) in [4.78, 5) is 0. The quantitative estimate of drug-likeness (QED) is 0.212. The van der Waals surface area contributed by atoms with E-state index in [9.17, 15) is 0 Å². The molecule has 4 aromatic rings. The summed E-state index contributed by atoms with van der Waals surface area (Å²) in [5, 5.41) is 4.64. The lowest BCUT2D eigenvalue weighted by Crippen LogP contribution is -2.05. The zero-order valence-corrected chi connectivity index (χ0v) is 14.4. The van der Waals surface area contributed by atoms with Gasteiger partial charge >= 0.3 is 0 Å². The van der Waals surface area contributed by atoms with E-state index in [0.29, 0.717) is 0 Å². The molecule has 0 aromatic heterocycles. The lowest BCUT2D eigenvalue weighted by Gasteiger charge is -2.20. The predicted molar refractivity (Wildman–Crippen MR) is 105 cm³/mol. The lowest BCUT2D eigenvalue weighted by atomic mass is 9.85. The number of rotatable bonds is 0. The highest BCUT2D eigenvalue weighted by Crippen LogP contribution is 2.48. The normalized spacial score (nSPS) is 12.5. The largest absolute Gasteiger partial charge is 0.456 e. The molecular formula is C20H10BBrO2. The van der Waals surface area contributed by atoms with Crippen LogP contribution in [0.25, 0.3) is 55.0 Å². The van der Waals surface area contributed by atoms with Gasteiger partial charge in [-0.25, -0.2) is 0 Å². The van der Waals surface area contributed by atoms with Gasteiger partial charge in [0.1, 0.15) is 30.2 Å². The summed E-state index contributed by atoms with van der Waals surface area (Å²) in [5.41, 5.74) is 7.14. The molecule has 4 aromatic carbocycles. The second-order valence-corrected chi connectivity index (χ2v) is 7.21. The maximum Gasteiger partial charge on any atom is 0.140 e. The van der Waals surface area contributed by atoms with Crippen LogP contribution < -0.4 is 5.46 Å². The van der Waals surface area contributed by atoms with Crippen LogP contribution in [-0.2, 0) is 0 Å². The summed E-state index contributed by atoms with van der Waals surface area (Å²) in [5.74, 6) is 0. The first-order chi connectivity index (χ1) is 11.7. The summed E-state index contributed by atoms with van der Waals surface area (Å²) >= 11 is 3.66. The van der Waals surface area contributed by atoms with E-state index in [1.807, 2.05) is 12.1 Å². The fourth-order valence-corrected chi connectivity index (χ4v) is 4.44. The number of hydrogen-bond acceptors (Lipinski definition) is 2. The standard InChI is InChI=1S/C20H10BBrO2/c21-11-3-7-13-17-9(11)1-5-15-19(17)20-16(23-13)6-2-10-12(22)4-8-14(24-15)18(10)20/h1-8H,21H2. The van der Waals surface area contributed by atoms with Crippen molar-refractivity contribution in [1.82, 2.24) is 0 Å². The summed E-state index contributed by atoms with van der Waals surface area (Å²) in [6.07, 6.45) is 0. The monoisotopic (exact) mass is 372 g/mol. The van der Waals surface area contributed by atoms with Crippen molar-refractivity contribution >= 4 is 73.1 Å². The fourth-order valence-electron chi connectivity index (χ4n) is 3.98. The van der Waals surface area contributed by atoms with Gasteiger partial charge in [-0.05, 0) is 41.8 Å². The van der Waals surface area contributed by atoms with Gasteiger partial charge in [0, 0.05) is 31.8 Å². The molecule has 0 unspecified atom stereocenters. The van der Waals surface area contributed by atoms with Gasteiger partial charge in [0.05, 0.1) is 0 Å². The lowest BCUT2D eigenvalue weighted by molar-refractivity contribution is 0.646. The average Bonchev–Trinajstić information content (AvgIpc) is 2.61. The van der Waals surface area contributed by atoms with Crippen LogP contribution in [0.5, 0.6) is 0 Å². The third kappa shape index (κ3) is 1.39. The van der Waals surface area contributed by atoms with Gasteiger partial charge in [-0.3, -0.25) is 0 Å². The van der Waals surface area contributed by atoms with E-state index < -0.39 is 0 Å². The molecule has 4 heteroatoms. The van der Waals surface area contributed by atoms with Crippen molar-refractivity contribution in [3.8, 4) is 11.1 Å². The second kappa shape index (κ2) is 4.14. The van der Waals surface area contributed by atoms with Crippen LogP contribution in [0.4, 0.5) is 0 Å². The van der Waals surface area contributed by atoms with Gasteiger partial charge in [-0.15, -0.1) is 0 Å². The van der Waals surface area contributed by atoms with E-state index in [-0.39, 0.29) is 0 Å². The van der Waals surface area contributed by atoms with Crippen LogP contribution in [0.1, 0.15) is 0 Å². The van der Waals surface area contributed by atoms with Crippen molar-refractivity contribution in [2.75, 3.05) is 0 Å². The van der Waals surface area contributed by atoms with E-state index in [4.69, 9.17) is 8.83 Å². The minimum Gasteiger partial charge on any atom is -0.456 e. The maximum absolute atomic E-state index is 6.26. The van der Waals surface area contributed by atoms with Crippen molar-refractivity contribution in [2.24, 2.45) is 0 Å². The molecule has 0 aliphatic carbocycles. The molecule has 6 rings (SSSR count). The highest BCUT2D eigenvalue weighted by atomic mass is 79.9. The Morgan fingerprint density at radius 2 is 1.17 bits per heavy atom. The van der Waals surface area contributed by atoms with Crippen LogP contribution >= 0.6 is 15.9 Å². The van der Waals surface area contributed by atoms with E-state index in [2.05, 4.69) is 60.2 Å². The van der Waals surface area contributed by atoms with Crippen LogP contribution in [0.15, 0.2) is 61.8 Å². The molecule has 0 bridgehead atoms. The van der Waals surface area contributed by atoms with Gasteiger partial charge in [-0.1, -0.05) is 33.5 Å². The molecule has 0 amide bonds. The van der Waals surface area contributed by atoms with Gasteiger partial charge in [-0.2, -0.15) is 0 Å². The van der Waals surface area contributed by atoms with E-state index >= 15 is 0 Å². The van der Waals surface area contributed by atoms with Gasteiger partial charge in [0.25, 0.3) is 0 Å². The molecule has 2 aliphatic heterocycles. The molecule has 2 nitrogen and oxygen atoms in total. The van der Waals surface area contributed by atoms with Gasteiger partial charge in [0.15, 0.2) is 0 Å². The Kier molecular flexibility index (Phi) is 2.23. The Bertz CT molecular complexity index is 1270. The van der Waals surface area contributed by atoms with Crippen LogP contribution in [0.3, 0.4) is 0 Å². The van der Waals surface area contributed by atoms with Crippen molar-refractivity contribution in [2.45, 2.75) is 0 Å². The molecule has 0 saturated heterocycles. The van der Waals surface area contributed by atoms with Crippen LogP contribution in [0.2, 0.25) is 0 Å². The average molecular weight is 373 g/mol. The molecule has 0 atom stereocenters. The molecule has 0 N–H and O–H groups in total. The number of benzene rings is 4. The number of hydrogen-bond donors (Lipinski definition) is 0. The molecular weight excluding hydrogens is 363 g/mol. The highest BCUT2D eigenvalue weighted by Gasteiger charge is 2.24. The third-order valence-corrected chi connectivity index (χ3v) is 5.76. The zero-order chi connectivity index (χ0) is 16.0. The second-order valence-electron chi connectivity index (χ2n) is 6.35. The Morgan fingerprint density at radius 3 is 1.88 bits per heavy atom. The molecule has 24 heavy (non-hydrogen) atoms. The molecule has 2 aliphatic rings. The predicted octanol–water partition coefficient (Wildman–Crippen LogP) is 5.05. The Labute approximate surface area is 146 Å². The molecule has 0 fully saturated rings. The Hall–Kier alpha value is -2.46. The van der Waals surface area contributed by atoms with Gasteiger partial charge in [0.2, 0.25) is 0 Å². The van der Waals surface area contributed by atoms with Crippen molar-refractivity contribution in [3.05, 3.63) is 53.0 Å². The highest BCUT2D eigenvalue weighted by molar-refractivity contribution is 9.10. The van der Waals surface area contributed by atoms with Crippen molar-refractivity contribution in [3.63, 3.8) is 0 Å². The molecule has 112 valence electrons. The van der Waals surface area contributed by atoms with Crippen LogP contribution in [0, 0.1) is 0 Å². The molecule has 0 saturated carbocycles. The van der Waals surface area contributed by atoms with Crippen molar-refractivity contribution in [1.29, 1.82) is 0 Å². The summed E-state index contributed by atoms with van der Waals surface area (Å²) in [6.45, 7) is 0. The maximum atomic E-state index is 6.26. The van der Waals surface area contributed by atoms with E-state index in [1.165, 1.54) is 10.8 Å². The van der Waals surface area contributed by atoms with Gasteiger partial charge < -0.3 is 8.83 Å². The summed E-state index contributed by atoms with van der Waals surface area (Å²) in [7, 11) is 2.13. The minimum atomic E-state index is 0.886. The van der Waals surface area contributed by atoms with E-state index in [0.717, 1.165) is 54.1 Å². The minimum absolute atomic E-state index is 0.886. The van der Waals surface area contributed by atoms with E-state index in [1.54, 1.807) is 0 Å². The first-order valence-electron chi connectivity index (χ1n) is 7.90. The van der Waals surface area contributed by atoms with Crippen molar-refractivity contribution < 1.29 is 8.83 Å². The molecule has 0 spiro atoms. The first-order valence-corrected chi connectivity index (χ1v) is 8.69. The SMILES string of the molecule is Bc1ccc2oc3ccc4c(Br)ccc5oc6ccc1c2c6-c3c54. The smallest absolute Gasteiger partial charge is 0.140 e. The topological polar surface area (TPSA) is 26.3 Å². The third-order valence-electron chi connectivity index (χ3n) is 5.06. The summed E-state index contributed by atoms with van der Waals surface area (Å²) < 4.78 is 13.6. The zero-order valence-electron chi connectivity index (χ0n) is 12.8. The molecule has 2 heterocycles.